The summed E-state index contributed by atoms with van der Waals surface area (Å²) in [7, 11) is 1.54. The van der Waals surface area contributed by atoms with Crippen LogP contribution >= 0.6 is 0 Å². The Labute approximate surface area is 202 Å². The molecule has 3 rings (SSSR count). The molecule has 2 aliphatic rings. The Bertz CT molecular complexity index is 913. The number of nitrogen functional groups attached to an aromatic ring is 1. The lowest BCUT2D eigenvalue weighted by Crippen LogP contribution is -2.52. The number of hydrogen-bond acceptors (Lipinski definition) is 7. The van der Waals surface area contributed by atoms with Crippen molar-refractivity contribution in [3.8, 4) is 0 Å². The minimum atomic E-state index is -0.649. The van der Waals surface area contributed by atoms with Crippen molar-refractivity contribution < 1.29 is 9.53 Å². The molecule has 10 heteroatoms. The largest absolute Gasteiger partial charge is 0.383 e. The topological polar surface area (TPSA) is 117 Å². The van der Waals surface area contributed by atoms with Crippen LogP contribution in [0.4, 0.5) is 11.5 Å². The quantitative estimate of drug-likeness (QED) is 0.514. The van der Waals surface area contributed by atoms with Crippen LogP contribution in [0.1, 0.15) is 46.0 Å². The minimum Gasteiger partial charge on any atom is -0.383 e. The summed E-state index contributed by atoms with van der Waals surface area (Å²) in [5.41, 5.74) is 5.09. The summed E-state index contributed by atoms with van der Waals surface area (Å²) < 4.78 is 6.51. The number of aromatic amines is 1. The Kier molecular flexibility index (Phi) is 9.73. The predicted octanol–water partition coefficient (Wildman–Crippen LogP) is 0.952. The summed E-state index contributed by atoms with van der Waals surface area (Å²) >= 11 is 0. The highest BCUT2D eigenvalue weighted by atomic mass is 16.5. The van der Waals surface area contributed by atoms with Gasteiger partial charge in [0.15, 0.2) is 5.69 Å². The van der Waals surface area contributed by atoms with Crippen LogP contribution in [-0.4, -0.2) is 84.8 Å². The van der Waals surface area contributed by atoms with Crippen LogP contribution in [0.25, 0.3) is 0 Å². The van der Waals surface area contributed by atoms with Crippen LogP contribution in [0, 0.1) is 11.8 Å². The molecule has 1 aliphatic heterocycles. The van der Waals surface area contributed by atoms with E-state index in [9.17, 15) is 14.4 Å². The monoisotopic (exact) mass is 478 g/mol. The highest BCUT2D eigenvalue weighted by molar-refractivity contribution is 5.96. The molecule has 1 amide bonds. The van der Waals surface area contributed by atoms with Gasteiger partial charge in [-0.2, -0.15) is 0 Å². The minimum absolute atomic E-state index is 0.0178. The van der Waals surface area contributed by atoms with E-state index in [0.29, 0.717) is 6.54 Å². The van der Waals surface area contributed by atoms with Crippen LogP contribution in [-0.2, 0) is 16.1 Å². The molecule has 1 saturated carbocycles. The maximum absolute atomic E-state index is 13.4. The first-order valence-corrected chi connectivity index (χ1v) is 12.7. The van der Waals surface area contributed by atoms with Crippen molar-refractivity contribution in [2.24, 2.45) is 11.8 Å². The van der Waals surface area contributed by atoms with Crippen molar-refractivity contribution in [2.75, 3.05) is 70.2 Å². The predicted molar refractivity (Wildman–Crippen MR) is 134 cm³/mol. The number of anilines is 2. The van der Waals surface area contributed by atoms with Gasteiger partial charge < -0.3 is 20.3 Å². The van der Waals surface area contributed by atoms with Gasteiger partial charge in [-0.25, -0.2) is 4.79 Å². The highest BCUT2D eigenvalue weighted by Gasteiger charge is 2.28. The number of amides is 1. The second-order valence-corrected chi connectivity index (χ2v) is 10.1. The number of nitrogens with zero attached hydrogens (tertiary/aromatic N) is 4. The van der Waals surface area contributed by atoms with Gasteiger partial charge in [0.25, 0.3) is 5.56 Å². The zero-order chi connectivity index (χ0) is 24.7. The lowest BCUT2D eigenvalue weighted by atomic mass is 9.89. The molecule has 3 N–H and O–H groups in total. The van der Waals surface area contributed by atoms with Crippen LogP contribution in [0.5, 0.6) is 0 Å². The molecule has 0 radical (unpaired) electrons. The number of nitrogens with two attached hydrogens (primary N) is 1. The number of methoxy groups -OCH3 is 1. The standard InChI is InChI=1S/C24H42N6O4/c1-18(2)15-30-22(25)21(23(32)26-24(30)33)29(13-14-34-3)20(31)17-28-11-9-27(10-12-28)16-19-7-5-4-6-8-19/h18-19H,4-17,25H2,1-3H3,(H,26,32,33). The van der Waals surface area contributed by atoms with E-state index in [1.807, 2.05) is 13.8 Å². The molecule has 0 bridgehead atoms. The molecule has 2 heterocycles. The van der Waals surface area contributed by atoms with Gasteiger partial charge in [0.2, 0.25) is 5.91 Å². The van der Waals surface area contributed by atoms with Gasteiger partial charge in [-0.15, -0.1) is 0 Å². The van der Waals surface area contributed by atoms with E-state index in [0.717, 1.165) is 38.6 Å². The molecule has 1 aromatic rings. The van der Waals surface area contributed by atoms with Gasteiger partial charge in [-0.05, 0) is 24.7 Å². The summed E-state index contributed by atoms with van der Waals surface area (Å²) in [4.78, 5) is 46.8. The Hall–Kier alpha value is -2.17. The average molecular weight is 479 g/mol. The Balaban J connectivity index is 1.68. The number of piperazine rings is 1. The van der Waals surface area contributed by atoms with Crippen molar-refractivity contribution in [3.63, 3.8) is 0 Å². The second-order valence-electron chi connectivity index (χ2n) is 10.1. The first-order valence-electron chi connectivity index (χ1n) is 12.7. The van der Waals surface area contributed by atoms with Crippen molar-refractivity contribution in [1.29, 1.82) is 0 Å². The summed E-state index contributed by atoms with van der Waals surface area (Å²) in [5.74, 6) is 0.753. The van der Waals surface area contributed by atoms with E-state index in [4.69, 9.17) is 10.5 Å². The number of rotatable bonds is 10. The zero-order valence-electron chi connectivity index (χ0n) is 21.1. The first kappa shape index (κ1) is 26.4. The molecular formula is C24H42N6O4. The first-order chi connectivity index (χ1) is 16.3. The van der Waals surface area contributed by atoms with E-state index in [1.54, 1.807) is 7.11 Å². The zero-order valence-corrected chi connectivity index (χ0v) is 21.1. The Morgan fingerprint density at radius 2 is 1.76 bits per heavy atom. The maximum atomic E-state index is 13.4. The number of H-pyrrole nitrogens is 1. The maximum Gasteiger partial charge on any atom is 0.330 e. The fourth-order valence-electron chi connectivity index (χ4n) is 5.07. The third kappa shape index (κ3) is 6.93. The molecule has 192 valence electrons. The third-order valence-corrected chi connectivity index (χ3v) is 6.92. The van der Waals surface area contributed by atoms with Crippen molar-refractivity contribution in [3.05, 3.63) is 20.8 Å². The van der Waals surface area contributed by atoms with Crippen molar-refractivity contribution in [1.82, 2.24) is 19.4 Å². The van der Waals surface area contributed by atoms with Crippen LogP contribution in [0.3, 0.4) is 0 Å². The smallest absolute Gasteiger partial charge is 0.330 e. The molecule has 1 aromatic heterocycles. The van der Waals surface area contributed by atoms with Crippen LogP contribution < -0.4 is 21.9 Å². The van der Waals surface area contributed by atoms with Crippen molar-refractivity contribution >= 4 is 17.4 Å². The number of carbonyl (C=O) groups is 1. The lowest BCUT2D eigenvalue weighted by molar-refractivity contribution is -0.120. The third-order valence-electron chi connectivity index (χ3n) is 6.92. The molecule has 34 heavy (non-hydrogen) atoms. The number of aromatic nitrogens is 2. The van der Waals surface area contributed by atoms with Gasteiger partial charge in [-0.1, -0.05) is 33.1 Å². The Morgan fingerprint density at radius 3 is 2.38 bits per heavy atom. The van der Waals surface area contributed by atoms with Gasteiger partial charge in [0, 0.05) is 52.9 Å². The van der Waals surface area contributed by atoms with E-state index >= 15 is 0 Å². The number of hydrogen-bond donors (Lipinski definition) is 2. The average Bonchev–Trinajstić information content (AvgIpc) is 2.80. The molecule has 0 atom stereocenters. The number of ether oxygens (including phenoxy) is 1. The van der Waals surface area contributed by atoms with Gasteiger partial charge in [-0.3, -0.25) is 24.0 Å². The SMILES string of the molecule is COCCN(C(=O)CN1CCN(CC2CCCCC2)CC1)c1c(N)n(CC(C)C)c(=O)[nH]c1=O. The molecule has 0 spiro atoms. The summed E-state index contributed by atoms with van der Waals surface area (Å²) in [6.45, 7) is 9.58. The van der Waals surface area contributed by atoms with E-state index in [-0.39, 0.29) is 43.0 Å². The summed E-state index contributed by atoms with van der Waals surface area (Å²) in [6.07, 6.45) is 6.74. The molecule has 2 fully saturated rings. The van der Waals surface area contributed by atoms with Gasteiger partial charge in [0.1, 0.15) is 5.82 Å². The molecule has 0 aromatic carbocycles. The fourth-order valence-corrected chi connectivity index (χ4v) is 5.07. The lowest BCUT2D eigenvalue weighted by Gasteiger charge is -2.37. The summed E-state index contributed by atoms with van der Waals surface area (Å²) in [5, 5.41) is 0. The number of carbonyl (C=O) groups excluding carboxylic acids is 1. The van der Waals surface area contributed by atoms with Crippen LogP contribution in [0.2, 0.25) is 0 Å². The van der Waals surface area contributed by atoms with Gasteiger partial charge in [0.05, 0.1) is 13.2 Å². The highest BCUT2D eigenvalue weighted by Crippen LogP contribution is 2.25. The number of nitrogens with one attached hydrogen (secondary N) is 1. The van der Waals surface area contributed by atoms with Gasteiger partial charge >= 0.3 is 5.69 Å². The molecule has 10 nitrogen and oxygen atoms in total. The van der Waals surface area contributed by atoms with E-state index in [2.05, 4.69) is 14.8 Å². The Morgan fingerprint density at radius 1 is 1.12 bits per heavy atom. The van der Waals surface area contributed by atoms with Crippen LogP contribution in [0.15, 0.2) is 9.59 Å². The second kappa shape index (κ2) is 12.5. The van der Waals surface area contributed by atoms with Crippen molar-refractivity contribution in [2.45, 2.75) is 52.5 Å². The normalized spacial score (nSPS) is 18.5. The molecular weight excluding hydrogens is 436 g/mol. The molecule has 0 unspecified atom stereocenters. The van der Waals surface area contributed by atoms with E-state index in [1.165, 1.54) is 41.6 Å². The fraction of sp³-hybridized carbons (Fsp3) is 0.792. The molecule has 1 saturated heterocycles. The molecule has 1 aliphatic carbocycles. The van der Waals surface area contributed by atoms with E-state index < -0.39 is 11.2 Å². The summed E-state index contributed by atoms with van der Waals surface area (Å²) in [6, 6.07) is 0.